The van der Waals surface area contributed by atoms with Crippen LogP contribution in [0.2, 0.25) is 0 Å². The van der Waals surface area contributed by atoms with E-state index in [1.54, 1.807) is 0 Å². The Bertz CT molecular complexity index is 245. The minimum atomic E-state index is -1.85. The predicted octanol–water partition coefficient (Wildman–Crippen LogP) is -1.52. The van der Waals surface area contributed by atoms with Crippen molar-refractivity contribution >= 4 is 6.29 Å². The number of hydrogen-bond acceptors (Lipinski definition) is 6. The van der Waals surface area contributed by atoms with Crippen molar-refractivity contribution in [3.05, 3.63) is 11.3 Å². The summed E-state index contributed by atoms with van der Waals surface area (Å²) in [5, 5.41) is 45.9. The molecular weight excluding hydrogens is 204 g/mol. The van der Waals surface area contributed by atoms with Crippen molar-refractivity contribution in [3.8, 4) is 0 Å². The lowest BCUT2D eigenvalue weighted by Crippen LogP contribution is -2.45. The molecule has 0 aromatic rings. The van der Waals surface area contributed by atoms with Crippen LogP contribution in [-0.2, 0) is 4.79 Å². The number of carbonyl (C=O) groups excluding carboxylic acids is 1. The summed E-state index contributed by atoms with van der Waals surface area (Å²) in [7, 11) is 0. The lowest BCUT2D eigenvalue weighted by molar-refractivity contribution is -0.133. The molecule has 0 heterocycles. The second kappa shape index (κ2) is 5.82. The molecule has 88 valence electrons. The minimum absolute atomic E-state index is 0.0279. The van der Waals surface area contributed by atoms with Crippen molar-refractivity contribution in [3.63, 3.8) is 0 Å². The normalized spacial score (nSPS) is 18.8. The van der Waals surface area contributed by atoms with Gasteiger partial charge in [-0.2, -0.15) is 0 Å². The van der Waals surface area contributed by atoms with Gasteiger partial charge in [0.05, 0.1) is 0 Å². The van der Waals surface area contributed by atoms with Crippen LogP contribution in [0.5, 0.6) is 0 Å². The summed E-state index contributed by atoms with van der Waals surface area (Å²) in [5.74, 6) is -0.500. The Kier molecular flexibility index (Phi) is 5.45. The van der Waals surface area contributed by atoms with Crippen molar-refractivity contribution < 1.29 is 30.3 Å². The van der Waals surface area contributed by atoms with Crippen LogP contribution in [0.3, 0.4) is 0 Å². The summed E-state index contributed by atoms with van der Waals surface area (Å²) in [6.07, 6.45) is -7.20. The number of aliphatic hydroxyl groups excluding tert-OH is 5. The van der Waals surface area contributed by atoms with Crippen LogP contribution in [0.25, 0.3) is 0 Å². The second-order valence-electron chi connectivity index (χ2n) is 3.44. The van der Waals surface area contributed by atoms with Gasteiger partial charge >= 0.3 is 0 Å². The van der Waals surface area contributed by atoms with E-state index in [0.717, 1.165) is 0 Å². The lowest BCUT2D eigenvalue weighted by Gasteiger charge is -2.24. The molecule has 0 aliphatic rings. The van der Waals surface area contributed by atoms with Gasteiger partial charge in [-0.25, -0.2) is 0 Å². The Balaban J connectivity index is 4.64. The lowest BCUT2D eigenvalue weighted by atomic mass is 10.0. The van der Waals surface area contributed by atoms with Crippen molar-refractivity contribution in [2.45, 2.75) is 38.3 Å². The third kappa shape index (κ3) is 3.60. The van der Waals surface area contributed by atoms with E-state index < -0.39 is 30.2 Å². The standard InChI is InChI=1S/C9H16O6/c1-4(2)6(12)8(14)9(15)7(13)5(11)3-10/h3,5,7-9,11-15H,1-2H3/t5-,7-,8-,9+/m1/s1. The minimum Gasteiger partial charge on any atom is -0.510 e. The summed E-state index contributed by atoms with van der Waals surface area (Å²) in [6.45, 7) is 2.99. The summed E-state index contributed by atoms with van der Waals surface area (Å²) in [5.41, 5.74) is 0.356. The van der Waals surface area contributed by atoms with Crippen LogP contribution in [0.15, 0.2) is 11.3 Å². The molecule has 0 unspecified atom stereocenters. The molecule has 0 fully saturated rings. The zero-order valence-corrected chi connectivity index (χ0v) is 8.53. The van der Waals surface area contributed by atoms with Crippen molar-refractivity contribution in [1.29, 1.82) is 0 Å². The van der Waals surface area contributed by atoms with E-state index in [9.17, 15) is 20.1 Å². The molecule has 0 aliphatic carbocycles. The Morgan fingerprint density at radius 3 is 1.87 bits per heavy atom. The molecule has 0 aliphatic heterocycles. The van der Waals surface area contributed by atoms with E-state index in [2.05, 4.69) is 0 Å². The Morgan fingerprint density at radius 2 is 1.53 bits per heavy atom. The van der Waals surface area contributed by atoms with Crippen molar-refractivity contribution in [2.24, 2.45) is 0 Å². The average Bonchev–Trinajstić information content (AvgIpc) is 2.23. The molecule has 0 aromatic heterocycles. The van der Waals surface area contributed by atoms with Crippen LogP contribution in [-0.4, -0.2) is 56.2 Å². The molecule has 15 heavy (non-hydrogen) atoms. The molecule has 4 atom stereocenters. The van der Waals surface area contributed by atoms with E-state index in [4.69, 9.17) is 10.2 Å². The summed E-state index contributed by atoms with van der Waals surface area (Å²) >= 11 is 0. The first-order valence-electron chi connectivity index (χ1n) is 4.36. The maximum absolute atomic E-state index is 10.1. The van der Waals surface area contributed by atoms with Gasteiger partial charge in [-0.1, -0.05) is 0 Å². The molecule has 6 nitrogen and oxygen atoms in total. The highest BCUT2D eigenvalue weighted by molar-refractivity contribution is 5.56. The largest absolute Gasteiger partial charge is 0.510 e. The average molecular weight is 220 g/mol. The molecule has 0 saturated heterocycles. The van der Waals surface area contributed by atoms with Gasteiger partial charge in [0.2, 0.25) is 0 Å². The maximum atomic E-state index is 10.1. The second-order valence-corrected chi connectivity index (χ2v) is 3.44. The molecule has 0 aromatic carbocycles. The fraction of sp³-hybridized carbons (Fsp3) is 0.667. The van der Waals surface area contributed by atoms with Crippen molar-refractivity contribution in [1.82, 2.24) is 0 Å². The number of carbonyl (C=O) groups is 1. The van der Waals surface area contributed by atoms with Gasteiger partial charge in [0, 0.05) is 0 Å². The topological polar surface area (TPSA) is 118 Å². The first-order valence-corrected chi connectivity index (χ1v) is 4.36. The Hall–Kier alpha value is -0.950. The van der Waals surface area contributed by atoms with Gasteiger partial charge in [0.1, 0.15) is 30.2 Å². The smallest absolute Gasteiger partial charge is 0.151 e. The maximum Gasteiger partial charge on any atom is 0.151 e. The van der Waals surface area contributed by atoms with Crippen LogP contribution in [0.4, 0.5) is 0 Å². The highest BCUT2D eigenvalue weighted by atomic mass is 16.4. The van der Waals surface area contributed by atoms with Crippen molar-refractivity contribution in [2.75, 3.05) is 0 Å². The summed E-state index contributed by atoms with van der Waals surface area (Å²) < 4.78 is 0. The SMILES string of the molecule is CC(C)=C(O)[C@@H](O)[C@@H](O)[C@H](O)[C@H](O)C=O. The molecule has 0 bridgehead atoms. The van der Waals surface area contributed by atoms with Gasteiger partial charge < -0.3 is 30.3 Å². The zero-order chi connectivity index (χ0) is 12.2. The van der Waals surface area contributed by atoms with Gasteiger partial charge in [0.15, 0.2) is 6.29 Å². The highest BCUT2D eigenvalue weighted by Gasteiger charge is 2.32. The Labute approximate surface area is 87.1 Å². The predicted molar refractivity (Wildman–Crippen MR) is 51.1 cm³/mol. The number of rotatable bonds is 5. The molecule has 0 radical (unpaired) electrons. The zero-order valence-electron chi connectivity index (χ0n) is 8.53. The third-order valence-corrected chi connectivity index (χ3v) is 1.96. The van der Waals surface area contributed by atoms with Gasteiger partial charge in [-0.3, -0.25) is 0 Å². The third-order valence-electron chi connectivity index (χ3n) is 1.96. The number of aldehydes is 1. The Morgan fingerprint density at radius 1 is 1.07 bits per heavy atom. The summed E-state index contributed by atoms with van der Waals surface area (Å²) in [6, 6.07) is 0. The highest BCUT2D eigenvalue weighted by Crippen LogP contribution is 2.12. The molecule has 0 saturated carbocycles. The van der Waals surface area contributed by atoms with Gasteiger partial charge in [0.25, 0.3) is 0 Å². The van der Waals surface area contributed by atoms with E-state index in [0.29, 0.717) is 5.57 Å². The van der Waals surface area contributed by atoms with Crippen LogP contribution < -0.4 is 0 Å². The van der Waals surface area contributed by atoms with E-state index >= 15 is 0 Å². The monoisotopic (exact) mass is 220 g/mol. The fourth-order valence-corrected chi connectivity index (χ4v) is 0.927. The molecule has 6 heteroatoms. The molecule has 5 N–H and O–H groups in total. The van der Waals surface area contributed by atoms with E-state index in [-0.39, 0.29) is 6.29 Å². The van der Waals surface area contributed by atoms with Crippen LogP contribution >= 0.6 is 0 Å². The van der Waals surface area contributed by atoms with Gasteiger partial charge in [-0.15, -0.1) is 0 Å². The number of allylic oxidation sites excluding steroid dienone is 1. The molecule has 0 rings (SSSR count). The first kappa shape index (κ1) is 14.1. The fourth-order valence-electron chi connectivity index (χ4n) is 0.927. The quantitative estimate of drug-likeness (QED) is 0.284. The molecular formula is C9H16O6. The molecule has 0 spiro atoms. The first-order chi connectivity index (χ1) is 6.82. The van der Waals surface area contributed by atoms with Gasteiger partial charge in [-0.05, 0) is 19.4 Å². The number of hydrogen-bond donors (Lipinski definition) is 5. The van der Waals surface area contributed by atoms with E-state index in [1.165, 1.54) is 13.8 Å². The molecule has 0 amide bonds. The van der Waals surface area contributed by atoms with E-state index in [1.807, 2.05) is 0 Å². The summed E-state index contributed by atoms with van der Waals surface area (Å²) in [4.78, 5) is 10.1. The number of aliphatic hydroxyl groups is 5. The van der Waals surface area contributed by atoms with Crippen LogP contribution in [0, 0.1) is 0 Å². The van der Waals surface area contributed by atoms with Crippen LogP contribution in [0.1, 0.15) is 13.8 Å².